The molecule has 23 heavy (non-hydrogen) atoms. The fraction of sp³-hybridized carbons (Fsp3) is 0.467. The first-order valence-electron chi connectivity index (χ1n) is 7.27. The molecule has 1 saturated heterocycles. The molecule has 0 saturated carbocycles. The van der Waals surface area contributed by atoms with Crippen LogP contribution in [0.15, 0.2) is 29.2 Å². The molecule has 1 fully saturated rings. The van der Waals surface area contributed by atoms with Crippen molar-refractivity contribution in [1.29, 1.82) is 0 Å². The van der Waals surface area contributed by atoms with Gasteiger partial charge in [0.05, 0.1) is 12.0 Å². The number of hydrogen-bond donors (Lipinski definition) is 1. The molecule has 126 valence electrons. The zero-order valence-corrected chi connectivity index (χ0v) is 13.7. The van der Waals surface area contributed by atoms with E-state index in [1.54, 1.807) is 12.1 Å². The van der Waals surface area contributed by atoms with Crippen LogP contribution in [0.25, 0.3) is 0 Å². The highest BCUT2D eigenvalue weighted by Crippen LogP contribution is 2.20. The topological polar surface area (TPSA) is 107 Å². The summed E-state index contributed by atoms with van der Waals surface area (Å²) in [5, 5.41) is 0. The third-order valence-electron chi connectivity index (χ3n) is 3.96. The number of amides is 2. The molecule has 0 bridgehead atoms. The van der Waals surface area contributed by atoms with Crippen LogP contribution >= 0.6 is 0 Å². The second-order valence-corrected chi connectivity index (χ2v) is 7.49. The maximum absolute atomic E-state index is 12.3. The van der Waals surface area contributed by atoms with Crippen molar-refractivity contribution in [2.45, 2.75) is 17.7 Å². The predicted octanol–water partition coefficient (Wildman–Crippen LogP) is 0.193. The molecule has 0 aliphatic carbocycles. The zero-order chi connectivity index (χ0) is 17.0. The van der Waals surface area contributed by atoms with Gasteiger partial charge in [0.1, 0.15) is 11.5 Å². The van der Waals surface area contributed by atoms with Crippen LogP contribution in [0.1, 0.15) is 12.8 Å². The van der Waals surface area contributed by atoms with Crippen molar-refractivity contribution in [3.05, 3.63) is 24.3 Å². The smallest absolute Gasteiger partial charge is 0.238 e. The van der Waals surface area contributed by atoms with Crippen LogP contribution in [0.5, 0.6) is 5.75 Å². The van der Waals surface area contributed by atoms with Gasteiger partial charge in [0.15, 0.2) is 9.84 Å². The molecule has 0 aromatic heterocycles. The number of carbonyl (C=O) groups excluding carboxylic acids is 2. The van der Waals surface area contributed by atoms with E-state index in [0.29, 0.717) is 31.7 Å². The first-order chi connectivity index (χ1) is 10.8. The Morgan fingerprint density at radius 2 is 1.96 bits per heavy atom. The summed E-state index contributed by atoms with van der Waals surface area (Å²) in [4.78, 5) is 24.9. The average Bonchev–Trinajstić information content (AvgIpc) is 2.54. The molecule has 1 aromatic carbocycles. The van der Waals surface area contributed by atoms with Crippen molar-refractivity contribution in [1.82, 2.24) is 4.90 Å². The number of primary amides is 1. The Balaban J connectivity index is 2.03. The number of nitrogens with two attached hydrogens (primary N) is 1. The Morgan fingerprint density at radius 1 is 1.30 bits per heavy atom. The molecule has 0 spiro atoms. The van der Waals surface area contributed by atoms with Crippen molar-refractivity contribution in [3.8, 4) is 5.75 Å². The zero-order valence-electron chi connectivity index (χ0n) is 12.9. The van der Waals surface area contributed by atoms with Crippen molar-refractivity contribution in [2.24, 2.45) is 11.7 Å². The quantitative estimate of drug-likeness (QED) is 0.823. The van der Waals surface area contributed by atoms with E-state index in [0.717, 1.165) is 0 Å². The summed E-state index contributed by atoms with van der Waals surface area (Å²) in [5.41, 5.74) is 5.24. The second-order valence-electron chi connectivity index (χ2n) is 5.50. The lowest BCUT2D eigenvalue weighted by Gasteiger charge is -2.30. The van der Waals surface area contributed by atoms with Crippen molar-refractivity contribution < 1.29 is 22.7 Å². The number of nitrogens with zero attached hydrogens (tertiary/aromatic N) is 1. The highest BCUT2D eigenvalue weighted by Gasteiger charge is 2.29. The Hall–Kier alpha value is -2.09. The van der Waals surface area contributed by atoms with Gasteiger partial charge in [-0.2, -0.15) is 0 Å². The Morgan fingerprint density at radius 3 is 2.52 bits per heavy atom. The van der Waals surface area contributed by atoms with Gasteiger partial charge in [-0.3, -0.25) is 9.59 Å². The first-order valence-corrected chi connectivity index (χ1v) is 8.92. The molecule has 1 aliphatic heterocycles. The van der Waals surface area contributed by atoms with Crippen LogP contribution in [0, 0.1) is 5.92 Å². The minimum absolute atomic E-state index is 0.0530. The van der Waals surface area contributed by atoms with Crippen molar-refractivity contribution >= 4 is 21.7 Å². The maximum Gasteiger partial charge on any atom is 0.238 e. The lowest BCUT2D eigenvalue weighted by Crippen LogP contribution is -2.43. The van der Waals surface area contributed by atoms with Crippen LogP contribution < -0.4 is 10.5 Å². The normalized spacial score (nSPS) is 16.1. The number of benzene rings is 1. The molecule has 2 amide bonds. The van der Waals surface area contributed by atoms with Crippen LogP contribution in [0.3, 0.4) is 0 Å². The monoisotopic (exact) mass is 340 g/mol. The lowest BCUT2D eigenvalue weighted by molar-refractivity contribution is -0.132. The fourth-order valence-corrected chi connectivity index (χ4v) is 3.80. The molecule has 0 atom stereocenters. The van der Waals surface area contributed by atoms with Crippen LogP contribution in [-0.4, -0.2) is 51.1 Å². The molecule has 0 unspecified atom stereocenters. The number of methoxy groups -OCH3 is 1. The third kappa shape index (κ3) is 4.22. The van der Waals surface area contributed by atoms with E-state index in [1.165, 1.54) is 24.1 Å². The van der Waals surface area contributed by atoms with Crippen LogP contribution in [0.2, 0.25) is 0 Å². The number of likely N-dealkylation sites (tertiary alicyclic amines) is 1. The molecule has 1 aliphatic rings. The van der Waals surface area contributed by atoms with E-state index >= 15 is 0 Å². The predicted molar refractivity (Wildman–Crippen MR) is 83.5 cm³/mol. The third-order valence-corrected chi connectivity index (χ3v) is 5.56. The molecule has 2 N–H and O–H groups in total. The van der Waals surface area contributed by atoms with E-state index in [9.17, 15) is 18.0 Å². The van der Waals surface area contributed by atoms with E-state index < -0.39 is 21.5 Å². The fourth-order valence-electron chi connectivity index (χ4n) is 2.55. The van der Waals surface area contributed by atoms with Gasteiger partial charge in [-0.05, 0) is 31.0 Å². The summed E-state index contributed by atoms with van der Waals surface area (Å²) in [6.45, 7) is 0.695. The molecule has 7 nitrogen and oxygen atoms in total. The van der Waals surface area contributed by atoms with Crippen LogP contribution in [-0.2, 0) is 19.4 Å². The number of rotatable bonds is 5. The number of hydrogen-bond acceptors (Lipinski definition) is 5. The van der Waals surface area contributed by atoms with Gasteiger partial charge in [0, 0.05) is 19.0 Å². The SMILES string of the molecule is COc1cccc(S(=O)(=O)CC(=O)N2CCC(C(N)=O)CC2)c1. The minimum atomic E-state index is -3.73. The van der Waals surface area contributed by atoms with Gasteiger partial charge < -0.3 is 15.4 Å². The molecule has 2 rings (SSSR count). The van der Waals surface area contributed by atoms with Crippen LogP contribution in [0.4, 0.5) is 0 Å². The average molecular weight is 340 g/mol. The molecular weight excluding hydrogens is 320 g/mol. The van der Waals surface area contributed by atoms with Gasteiger partial charge in [-0.25, -0.2) is 8.42 Å². The lowest BCUT2D eigenvalue weighted by atomic mass is 9.96. The second kappa shape index (κ2) is 6.99. The number of piperidine rings is 1. The highest BCUT2D eigenvalue weighted by molar-refractivity contribution is 7.92. The van der Waals surface area contributed by atoms with Gasteiger partial charge >= 0.3 is 0 Å². The summed E-state index contributed by atoms with van der Waals surface area (Å²) >= 11 is 0. The highest BCUT2D eigenvalue weighted by atomic mass is 32.2. The largest absolute Gasteiger partial charge is 0.497 e. The summed E-state index contributed by atoms with van der Waals surface area (Å²) in [6.07, 6.45) is 0.945. The molecule has 0 radical (unpaired) electrons. The van der Waals surface area contributed by atoms with Crippen molar-refractivity contribution in [3.63, 3.8) is 0 Å². The number of carbonyl (C=O) groups is 2. The maximum atomic E-state index is 12.3. The number of sulfone groups is 1. The standard InChI is InChI=1S/C15H20N2O5S/c1-22-12-3-2-4-13(9-12)23(20,21)10-14(18)17-7-5-11(6-8-17)15(16)19/h2-4,9,11H,5-8,10H2,1H3,(H2,16,19). The van der Waals surface area contributed by atoms with Gasteiger partial charge in [-0.1, -0.05) is 6.07 Å². The summed E-state index contributed by atoms with van der Waals surface area (Å²) in [7, 11) is -2.29. The van der Waals surface area contributed by atoms with Gasteiger partial charge in [0.2, 0.25) is 11.8 Å². The molecule has 1 aromatic rings. The number of ether oxygens (including phenoxy) is 1. The Bertz CT molecular complexity index is 694. The minimum Gasteiger partial charge on any atom is -0.497 e. The molecule has 1 heterocycles. The summed E-state index contributed by atoms with van der Waals surface area (Å²) < 4.78 is 29.7. The first kappa shape index (κ1) is 17.3. The van der Waals surface area contributed by atoms with E-state index in [1.807, 2.05) is 0 Å². The van der Waals surface area contributed by atoms with E-state index in [-0.39, 0.29) is 16.7 Å². The van der Waals surface area contributed by atoms with Crippen molar-refractivity contribution in [2.75, 3.05) is 26.0 Å². The Kier molecular flexibility index (Phi) is 5.25. The molecular formula is C15H20N2O5S. The van der Waals surface area contributed by atoms with E-state index in [2.05, 4.69) is 0 Å². The Labute approximate surface area is 135 Å². The molecule has 8 heteroatoms. The summed E-state index contributed by atoms with van der Waals surface area (Å²) in [5.74, 6) is -1.26. The van der Waals surface area contributed by atoms with Gasteiger partial charge in [0.25, 0.3) is 0 Å². The van der Waals surface area contributed by atoms with Gasteiger partial charge in [-0.15, -0.1) is 0 Å². The summed E-state index contributed by atoms with van der Waals surface area (Å²) in [6, 6.07) is 6.02. The van der Waals surface area contributed by atoms with E-state index in [4.69, 9.17) is 10.5 Å².